The van der Waals surface area contributed by atoms with Crippen LogP contribution in [-0.4, -0.2) is 43.1 Å². The lowest BCUT2D eigenvalue weighted by Crippen LogP contribution is -2.29. The minimum atomic E-state index is 0.652. The molecule has 0 amide bonds. The topological polar surface area (TPSA) is 44.5 Å². The van der Waals surface area contributed by atoms with Gasteiger partial charge in [-0.1, -0.05) is 13.0 Å². The number of hydrogen-bond donors (Lipinski definition) is 1. The Morgan fingerprint density at radius 2 is 2.00 bits per heavy atom. The van der Waals surface area contributed by atoms with E-state index in [0.29, 0.717) is 5.92 Å². The Bertz CT molecular complexity index is 711. The van der Waals surface area contributed by atoms with Gasteiger partial charge >= 0.3 is 0 Å². The first-order valence-electron chi connectivity index (χ1n) is 9.87. The molecule has 4 rings (SSSR count). The van der Waals surface area contributed by atoms with Crippen molar-refractivity contribution < 1.29 is 4.42 Å². The second-order valence-electron chi connectivity index (χ2n) is 7.90. The van der Waals surface area contributed by atoms with Crippen molar-refractivity contribution in [1.29, 1.82) is 0 Å². The molecule has 0 bridgehead atoms. The standard InChI is InChI=1S/C21H30N4O/c1-16-12-19(16)20-6-5-18(26-20)15-22-13-17-4-7-21(23-14-17)25-9-3-8-24(2)10-11-25/h4-7,14,16,19,22H,3,8-13,15H2,1-2H3/t16-,19-/m1/s1. The lowest BCUT2D eigenvalue weighted by molar-refractivity contribution is 0.360. The number of furan rings is 1. The largest absolute Gasteiger partial charge is 0.464 e. The Kier molecular flexibility index (Phi) is 5.27. The maximum absolute atomic E-state index is 5.95. The summed E-state index contributed by atoms with van der Waals surface area (Å²) in [5.41, 5.74) is 1.21. The third-order valence-corrected chi connectivity index (χ3v) is 5.64. The van der Waals surface area contributed by atoms with E-state index in [1.54, 1.807) is 0 Å². The Hall–Kier alpha value is -1.85. The van der Waals surface area contributed by atoms with E-state index in [4.69, 9.17) is 4.42 Å². The molecule has 1 saturated carbocycles. The van der Waals surface area contributed by atoms with Gasteiger partial charge in [0.2, 0.25) is 0 Å². The third kappa shape index (κ3) is 4.27. The highest BCUT2D eigenvalue weighted by Crippen LogP contribution is 2.47. The van der Waals surface area contributed by atoms with Crippen LogP contribution in [0.5, 0.6) is 0 Å². The van der Waals surface area contributed by atoms with Gasteiger partial charge in [-0.15, -0.1) is 0 Å². The van der Waals surface area contributed by atoms with Crippen LogP contribution in [0.1, 0.15) is 42.8 Å². The second-order valence-corrected chi connectivity index (χ2v) is 7.90. The molecule has 0 radical (unpaired) electrons. The molecule has 2 fully saturated rings. The van der Waals surface area contributed by atoms with Crippen molar-refractivity contribution >= 4 is 5.82 Å². The molecule has 2 aromatic heterocycles. The van der Waals surface area contributed by atoms with Crippen LogP contribution in [0.25, 0.3) is 0 Å². The fourth-order valence-electron chi connectivity index (χ4n) is 3.72. The van der Waals surface area contributed by atoms with Crippen LogP contribution in [0.15, 0.2) is 34.9 Å². The van der Waals surface area contributed by atoms with Gasteiger partial charge in [0.05, 0.1) is 6.54 Å². The van der Waals surface area contributed by atoms with Crippen molar-refractivity contribution in [3.8, 4) is 0 Å². The van der Waals surface area contributed by atoms with Crippen LogP contribution in [0.3, 0.4) is 0 Å². The van der Waals surface area contributed by atoms with Gasteiger partial charge in [-0.05, 0) is 56.1 Å². The predicted octanol–water partition coefficient (Wildman–Crippen LogP) is 3.23. The molecular formula is C21H30N4O. The normalized spacial score (nSPS) is 23.8. The first kappa shape index (κ1) is 17.6. The smallest absolute Gasteiger partial charge is 0.128 e. The van der Waals surface area contributed by atoms with Gasteiger partial charge in [0.15, 0.2) is 0 Å². The lowest BCUT2D eigenvalue weighted by Gasteiger charge is -2.21. The summed E-state index contributed by atoms with van der Waals surface area (Å²) in [5.74, 6) is 4.72. The van der Waals surface area contributed by atoms with Gasteiger partial charge in [-0.2, -0.15) is 0 Å². The van der Waals surface area contributed by atoms with E-state index in [1.807, 2.05) is 6.20 Å². The van der Waals surface area contributed by atoms with Crippen molar-refractivity contribution in [1.82, 2.24) is 15.2 Å². The van der Waals surface area contributed by atoms with Crippen molar-refractivity contribution in [3.63, 3.8) is 0 Å². The molecule has 1 saturated heterocycles. The number of likely N-dealkylation sites (N-methyl/N-ethyl adjacent to an activating group) is 1. The lowest BCUT2D eigenvalue weighted by atomic mass is 10.2. The van der Waals surface area contributed by atoms with Gasteiger partial charge in [0.1, 0.15) is 17.3 Å². The van der Waals surface area contributed by atoms with Gasteiger partial charge in [-0.25, -0.2) is 4.98 Å². The zero-order valence-corrected chi connectivity index (χ0v) is 15.9. The Balaban J connectivity index is 1.25. The molecule has 0 spiro atoms. The summed E-state index contributed by atoms with van der Waals surface area (Å²) in [7, 11) is 2.19. The third-order valence-electron chi connectivity index (χ3n) is 5.64. The minimum Gasteiger partial charge on any atom is -0.464 e. The molecule has 0 unspecified atom stereocenters. The summed E-state index contributed by atoms with van der Waals surface area (Å²) in [6.45, 7) is 8.29. The highest BCUT2D eigenvalue weighted by Gasteiger charge is 2.36. The number of nitrogens with one attached hydrogen (secondary N) is 1. The van der Waals surface area contributed by atoms with Gasteiger partial charge in [0.25, 0.3) is 0 Å². The van der Waals surface area contributed by atoms with Crippen LogP contribution in [0.4, 0.5) is 5.82 Å². The minimum absolute atomic E-state index is 0.652. The van der Waals surface area contributed by atoms with E-state index in [1.165, 1.54) is 24.9 Å². The van der Waals surface area contributed by atoms with E-state index in [-0.39, 0.29) is 0 Å². The number of nitrogens with zero attached hydrogens (tertiary/aromatic N) is 3. The summed E-state index contributed by atoms with van der Waals surface area (Å²) >= 11 is 0. The van der Waals surface area contributed by atoms with Crippen LogP contribution >= 0.6 is 0 Å². The molecule has 1 aliphatic carbocycles. The van der Waals surface area contributed by atoms with Gasteiger partial charge in [0, 0.05) is 38.3 Å². The molecule has 5 heteroatoms. The summed E-state index contributed by atoms with van der Waals surface area (Å²) in [6.07, 6.45) is 4.47. The zero-order chi connectivity index (χ0) is 17.9. The summed E-state index contributed by atoms with van der Waals surface area (Å²) < 4.78 is 5.95. The van der Waals surface area contributed by atoms with E-state index < -0.39 is 0 Å². The molecule has 1 aliphatic heterocycles. The summed E-state index contributed by atoms with van der Waals surface area (Å²) in [5, 5.41) is 3.46. The average Bonchev–Trinajstić information content (AvgIpc) is 3.26. The number of pyridine rings is 1. The predicted molar refractivity (Wildman–Crippen MR) is 104 cm³/mol. The van der Waals surface area contributed by atoms with Gasteiger partial charge in [-0.3, -0.25) is 0 Å². The highest BCUT2D eigenvalue weighted by atomic mass is 16.3. The Labute approximate surface area is 156 Å². The molecule has 2 atom stereocenters. The van der Waals surface area contributed by atoms with E-state index >= 15 is 0 Å². The van der Waals surface area contributed by atoms with Crippen molar-refractivity contribution in [3.05, 3.63) is 47.5 Å². The molecular weight excluding hydrogens is 324 g/mol. The zero-order valence-electron chi connectivity index (χ0n) is 15.9. The van der Waals surface area contributed by atoms with Crippen molar-refractivity contribution in [2.75, 3.05) is 38.1 Å². The fraction of sp³-hybridized carbons (Fsp3) is 0.571. The highest BCUT2D eigenvalue weighted by molar-refractivity contribution is 5.39. The van der Waals surface area contributed by atoms with Crippen molar-refractivity contribution in [2.24, 2.45) is 5.92 Å². The monoisotopic (exact) mass is 354 g/mol. The molecule has 2 aliphatic rings. The van der Waals surface area contributed by atoms with E-state index in [0.717, 1.165) is 56.0 Å². The van der Waals surface area contributed by atoms with Crippen molar-refractivity contribution in [2.45, 2.75) is 38.8 Å². The maximum Gasteiger partial charge on any atom is 0.128 e. The van der Waals surface area contributed by atoms with E-state index in [2.05, 4.69) is 58.3 Å². The number of rotatable bonds is 6. The second kappa shape index (κ2) is 7.80. The summed E-state index contributed by atoms with van der Waals surface area (Å²) in [6, 6.07) is 8.58. The summed E-state index contributed by atoms with van der Waals surface area (Å²) in [4.78, 5) is 9.47. The number of anilines is 1. The molecule has 1 N–H and O–H groups in total. The van der Waals surface area contributed by atoms with E-state index in [9.17, 15) is 0 Å². The quantitative estimate of drug-likeness (QED) is 0.863. The molecule has 0 aromatic carbocycles. The van der Waals surface area contributed by atoms with Crippen LogP contribution < -0.4 is 10.2 Å². The average molecular weight is 354 g/mol. The first-order valence-corrected chi connectivity index (χ1v) is 9.87. The van der Waals surface area contributed by atoms with Crippen LogP contribution in [0, 0.1) is 5.92 Å². The molecule has 26 heavy (non-hydrogen) atoms. The Morgan fingerprint density at radius 3 is 2.77 bits per heavy atom. The fourth-order valence-corrected chi connectivity index (χ4v) is 3.72. The molecule has 2 aromatic rings. The van der Waals surface area contributed by atoms with Crippen LogP contribution in [-0.2, 0) is 13.1 Å². The van der Waals surface area contributed by atoms with Gasteiger partial charge < -0.3 is 19.5 Å². The number of hydrogen-bond acceptors (Lipinski definition) is 5. The SMILES string of the molecule is C[C@@H]1C[C@H]1c1ccc(CNCc2ccc(N3CCCN(C)CC3)nc2)o1. The molecule has 3 heterocycles. The van der Waals surface area contributed by atoms with Crippen LogP contribution in [0.2, 0.25) is 0 Å². The molecule has 140 valence electrons. The molecule has 5 nitrogen and oxygen atoms in total. The number of aromatic nitrogens is 1. The Morgan fingerprint density at radius 1 is 1.12 bits per heavy atom. The first-order chi connectivity index (χ1) is 12.7. The maximum atomic E-state index is 5.95.